The third-order valence-corrected chi connectivity index (χ3v) is 2.10. The van der Waals surface area contributed by atoms with Crippen LogP contribution < -0.4 is 15.4 Å². The summed E-state index contributed by atoms with van der Waals surface area (Å²) in [6.07, 6.45) is 0. The Balaban J connectivity index is 2.53. The van der Waals surface area contributed by atoms with Gasteiger partial charge in [0.25, 0.3) is 0 Å². The maximum absolute atomic E-state index is 13.6. The number of benzene rings is 1. The van der Waals surface area contributed by atoms with E-state index in [1.165, 1.54) is 19.2 Å². The van der Waals surface area contributed by atoms with Gasteiger partial charge in [0.05, 0.1) is 7.11 Å². The van der Waals surface area contributed by atoms with Gasteiger partial charge in [0.15, 0.2) is 11.6 Å². The van der Waals surface area contributed by atoms with Crippen LogP contribution in [-0.4, -0.2) is 30.8 Å². The number of carboxylic acids is 1. The summed E-state index contributed by atoms with van der Waals surface area (Å²) in [5.41, 5.74) is 0.250. The molecule has 1 aromatic rings. The molecule has 0 aliphatic heterocycles. The molecule has 0 aliphatic rings. The molecule has 0 spiro atoms. The first-order chi connectivity index (χ1) is 8.54. The van der Waals surface area contributed by atoms with E-state index in [9.17, 15) is 14.0 Å². The lowest BCUT2D eigenvalue weighted by Gasteiger charge is -2.09. The molecule has 2 amide bonds. The van der Waals surface area contributed by atoms with Gasteiger partial charge in [-0.2, -0.15) is 0 Å². The molecule has 0 saturated carbocycles. The fourth-order valence-corrected chi connectivity index (χ4v) is 1.24. The molecule has 0 radical (unpaired) electrons. The molecule has 0 atom stereocenters. The largest absolute Gasteiger partial charge is 0.494 e. The standard InChI is InChI=1S/C11H13FN2O4/c1-18-8-4-2-3-7(10(8)12)5-13-11(17)14-6-9(15)16/h2-4H,5-6H2,1H3,(H,15,16)(H2,13,14,17). The number of ether oxygens (including phenoxy) is 1. The van der Waals surface area contributed by atoms with Crippen molar-refractivity contribution in [3.05, 3.63) is 29.6 Å². The summed E-state index contributed by atoms with van der Waals surface area (Å²) in [7, 11) is 1.34. The highest BCUT2D eigenvalue weighted by Crippen LogP contribution is 2.19. The van der Waals surface area contributed by atoms with Crippen LogP contribution >= 0.6 is 0 Å². The van der Waals surface area contributed by atoms with Crippen LogP contribution in [0.1, 0.15) is 5.56 Å². The number of nitrogens with one attached hydrogen (secondary N) is 2. The van der Waals surface area contributed by atoms with Crippen molar-refractivity contribution in [2.24, 2.45) is 0 Å². The van der Waals surface area contributed by atoms with Crippen molar-refractivity contribution < 1.29 is 23.8 Å². The average Bonchev–Trinajstić information content (AvgIpc) is 2.35. The summed E-state index contributed by atoms with van der Waals surface area (Å²) in [6, 6.07) is 3.87. The Morgan fingerprint density at radius 1 is 1.39 bits per heavy atom. The fourth-order valence-electron chi connectivity index (χ4n) is 1.24. The van der Waals surface area contributed by atoms with E-state index in [-0.39, 0.29) is 17.9 Å². The SMILES string of the molecule is COc1cccc(CNC(=O)NCC(=O)O)c1F. The summed E-state index contributed by atoms with van der Waals surface area (Å²) < 4.78 is 18.4. The van der Waals surface area contributed by atoms with Crippen LogP contribution in [-0.2, 0) is 11.3 Å². The zero-order valence-corrected chi connectivity index (χ0v) is 9.70. The molecule has 0 aromatic heterocycles. The van der Waals surface area contributed by atoms with E-state index >= 15 is 0 Å². The summed E-state index contributed by atoms with van der Waals surface area (Å²) in [5.74, 6) is -1.63. The molecule has 0 bridgehead atoms. The van der Waals surface area contributed by atoms with E-state index in [4.69, 9.17) is 9.84 Å². The van der Waals surface area contributed by atoms with Gasteiger partial charge >= 0.3 is 12.0 Å². The fraction of sp³-hybridized carbons (Fsp3) is 0.273. The molecule has 98 valence electrons. The van der Waals surface area contributed by atoms with Crippen LogP contribution in [0, 0.1) is 5.82 Å². The molecule has 18 heavy (non-hydrogen) atoms. The number of urea groups is 1. The Labute approximate surface area is 103 Å². The first-order valence-corrected chi connectivity index (χ1v) is 5.09. The van der Waals surface area contributed by atoms with Crippen molar-refractivity contribution in [2.75, 3.05) is 13.7 Å². The first kappa shape index (κ1) is 13.8. The van der Waals surface area contributed by atoms with Gasteiger partial charge in [-0.15, -0.1) is 0 Å². The number of halogens is 1. The second-order valence-corrected chi connectivity index (χ2v) is 3.36. The summed E-state index contributed by atoms with van der Waals surface area (Å²) in [6.45, 7) is -0.555. The minimum atomic E-state index is -1.15. The average molecular weight is 256 g/mol. The van der Waals surface area contributed by atoms with E-state index in [0.29, 0.717) is 0 Å². The number of amides is 2. The third-order valence-electron chi connectivity index (χ3n) is 2.10. The van der Waals surface area contributed by atoms with Crippen molar-refractivity contribution in [3.63, 3.8) is 0 Å². The van der Waals surface area contributed by atoms with Crippen LogP contribution in [0.15, 0.2) is 18.2 Å². The van der Waals surface area contributed by atoms with Crippen molar-refractivity contribution in [1.82, 2.24) is 10.6 Å². The van der Waals surface area contributed by atoms with Crippen molar-refractivity contribution >= 4 is 12.0 Å². The van der Waals surface area contributed by atoms with Gasteiger partial charge in [-0.05, 0) is 6.07 Å². The van der Waals surface area contributed by atoms with E-state index in [1.807, 2.05) is 0 Å². The van der Waals surface area contributed by atoms with Gasteiger partial charge in [-0.1, -0.05) is 12.1 Å². The maximum Gasteiger partial charge on any atom is 0.323 e. The molecule has 0 unspecified atom stereocenters. The number of rotatable bonds is 5. The molecule has 0 saturated heterocycles. The number of carbonyl (C=O) groups excluding carboxylic acids is 1. The number of carboxylic acid groups (broad SMARTS) is 1. The predicted octanol–water partition coefficient (Wildman–Crippen LogP) is 0.718. The lowest BCUT2D eigenvalue weighted by Crippen LogP contribution is -2.38. The predicted molar refractivity (Wildman–Crippen MR) is 60.8 cm³/mol. The topological polar surface area (TPSA) is 87.7 Å². The van der Waals surface area contributed by atoms with Gasteiger partial charge in [0, 0.05) is 12.1 Å². The third kappa shape index (κ3) is 3.93. The number of hydrogen-bond acceptors (Lipinski definition) is 3. The van der Waals surface area contributed by atoms with E-state index in [0.717, 1.165) is 0 Å². The lowest BCUT2D eigenvalue weighted by atomic mass is 10.2. The molecule has 1 rings (SSSR count). The highest BCUT2D eigenvalue weighted by atomic mass is 19.1. The zero-order chi connectivity index (χ0) is 13.5. The monoisotopic (exact) mass is 256 g/mol. The van der Waals surface area contributed by atoms with Crippen molar-refractivity contribution in [3.8, 4) is 5.75 Å². The van der Waals surface area contributed by atoms with Crippen LogP contribution in [0.25, 0.3) is 0 Å². The molecule has 0 heterocycles. The van der Waals surface area contributed by atoms with Gasteiger partial charge in [-0.25, -0.2) is 9.18 Å². The molecule has 6 nitrogen and oxygen atoms in total. The summed E-state index contributed by atoms with van der Waals surface area (Å²) in [4.78, 5) is 21.3. The van der Waals surface area contributed by atoms with E-state index < -0.39 is 24.4 Å². The molecule has 0 aliphatic carbocycles. The Bertz CT molecular complexity index is 451. The maximum atomic E-state index is 13.6. The van der Waals surface area contributed by atoms with Crippen LogP contribution in [0.5, 0.6) is 5.75 Å². The number of methoxy groups -OCH3 is 1. The quantitative estimate of drug-likeness (QED) is 0.724. The molecular formula is C11H13FN2O4. The first-order valence-electron chi connectivity index (χ1n) is 5.09. The van der Waals surface area contributed by atoms with Crippen LogP contribution in [0.3, 0.4) is 0 Å². The molecule has 0 fully saturated rings. The number of carbonyl (C=O) groups is 2. The Morgan fingerprint density at radius 2 is 2.11 bits per heavy atom. The molecular weight excluding hydrogens is 243 g/mol. The minimum Gasteiger partial charge on any atom is -0.494 e. The zero-order valence-electron chi connectivity index (χ0n) is 9.70. The normalized spacial score (nSPS) is 9.67. The summed E-state index contributed by atoms with van der Waals surface area (Å²) in [5, 5.41) is 12.8. The highest BCUT2D eigenvalue weighted by Gasteiger charge is 2.09. The minimum absolute atomic E-state index is 0.0610. The van der Waals surface area contributed by atoms with Crippen LogP contribution in [0.4, 0.5) is 9.18 Å². The number of hydrogen-bond donors (Lipinski definition) is 3. The Hall–Kier alpha value is -2.31. The number of aliphatic carboxylic acids is 1. The summed E-state index contributed by atoms with van der Waals surface area (Å²) >= 11 is 0. The second-order valence-electron chi connectivity index (χ2n) is 3.36. The van der Waals surface area contributed by atoms with Gasteiger partial charge in [-0.3, -0.25) is 4.79 Å². The molecule has 7 heteroatoms. The van der Waals surface area contributed by atoms with Gasteiger partial charge in [0.2, 0.25) is 0 Å². The Morgan fingerprint density at radius 3 is 2.72 bits per heavy atom. The van der Waals surface area contributed by atoms with Gasteiger partial charge < -0.3 is 20.5 Å². The van der Waals surface area contributed by atoms with Crippen molar-refractivity contribution in [1.29, 1.82) is 0 Å². The van der Waals surface area contributed by atoms with Crippen LogP contribution in [0.2, 0.25) is 0 Å². The smallest absolute Gasteiger partial charge is 0.323 e. The highest BCUT2D eigenvalue weighted by molar-refractivity contribution is 5.79. The molecule has 1 aromatic carbocycles. The van der Waals surface area contributed by atoms with Crippen molar-refractivity contribution in [2.45, 2.75) is 6.54 Å². The second kappa shape index (κ2) is 6.43. The lowest BCUT2D eigenvalue weighted by molar-refractivity contribution is -0.135. The van der Waals surface area contributed by atoms with Gasteiger partial charge in [0.1, 0.15) is 6.54 Å². The Kier molecular flexibility index (Phi) is 4.91. The van der Waals surface area contributed by atoms with E-state index in [1.54, 1.807) is 6.07 Å². The molecule has 3 N–H and O–H groups in total. The van der Waals surface area contributed by atoms with E-state index in [2.05, 4.69) is 10.6 Å².